The van der Waals surface area contributed by atoms with Gasteiger partial charge in [0.05, 0.1) is 0 Å². The normalized spacial score (nSPS) is 10.8. The van der Waals surface area contributed by atoms with Gasteiger partial charge in [-0.05, 0) is 25.5 Å². The number of hydrogen-bond donors (Lipinski definition) is 1. The molecule has 98 valence electrons. The van der Waals surface area contributed by atoms with Gasteiger partial charge in [-0.25, -0.2) is 4.98 Å². The van der Waals surface area contributed by atoms with Crippen LogP contribution >= 0.6 is 11.3 Å². The fourth-order valence-electron chi connectivity index (χ4n) is 1.75. The average Bonchev–Trinajstić information content (AvgIpc) is 2.84. The summed E-state index contributed by atoms with van der Waals surface area (Å²) in [7, 11) is 0. The molecule has 1 heterocycles. The number of hydrogen-bond acceptors (Lipinski definition) is 3. The van der Waals surface area contributed by atoms with Crippen molar-refractivity contribution in [2.75, 3.05) is 0 Å². The van der Waals surface area contributed by atoms with E-state index in [9.17, 15) is 4.79 Å². The molecule has 0 saturated carbocycles. The molecule has 1 aromatic carbocycles. The summed E-state index contributed by atoms with van der Waals surface area (Å²) in [6.07, 6.45) is 3.25. The molecular weight excluding hydrogens is 256 g/mol. The maximum absolute atomic E-state index is 11.5. The number of amides is 1. The van der Waals surface area contributed by atoms with Crippen molar-refractivity contribution in [2.45, 2.75) is 20.4 Å². The summed E-state index contributed by atoms with van der Waals surface area (Å²) in [6, 6.07) is 8.02. The standard InChI is InChI=1S/C15H16N2OS/c1-3-6-14(18)16-9-12-7-4-5-8-13(12)15-17-11(2)10-19-15/h3-8,10H,9H2,1-2H3,(H,16,18)/b6-3+. The molecule has 2 aromatic rings. The minimum absolute atomic E-state index is 0.0763. The molecule has 0 bridgehead atoms. The number of rotatable bonds is 4. The lowest BCUT2D eigenvalue weighted by atomic mass is 10.1. The second-order valence-corrected chi connectivity index (χ2v) is 5.03. The summed E-state index contributed by atoms with van der Waals surface area (Å²) < 4.78 is 0. The number of carbonyl (C=O) groups is 1. The van der Waals surface area contributed by atoms with Crippen molar-refractivity contribution in [2.24, 2.45) is 0 Å². The molecule has 0 aliphatic rings. The highest BCUT2D eigenvalue weighted by Crippen LogP contribution is 2.26. The van der Waals surface area contributed by atoms with Gasteiger partial charge in [0.15, 0.2) is 0 Å². The molecule has 0 unspecified atom stereocenters. The first-order valence-electron chi connectivity index (χ1n) is 6.11. The molecule has 19 heavy (non-hydrogen) atoms. The van der Waals surface area contributed by atoms with E-state index in [1.54, 1.807) is 17.4 Å². The van der Waals surface area contributed by atoms with Gasteiger partial charge < -0.3 is 5.32 Å². The van der Waals surface area contributed by atoms with Crippen molar-refractivity contribution in [1.29, 1.82) is 0 Å². The topological polar surface area (TPSA) is 42.0 Å². The summed E-state index contributed by atoms with van der Waals surface area (Å²) in [5.41, 5.74) is 3.18. The van der Waals surface area contributed by atoms with Crippen molar-refractivity contribution in [3.8, 4) is 10.6 Å². The third-order valence-electron chi connectivity index (χ3n) is 2.64. The maximum atomic E-state index is 11.5. The molecule has 0 fully saturated rings. The lowest BCUT2D eigenvalue weighted by molar-refractivity contribution is -0.116. The smallest absolute Gasteiger partial charge is 0.243 e. The zero-order valence-corrected chi connectivity index (χ0v) is 11.8. The van der Waals surface area contributed by atoms with Crippen LogP contribution in [0.25, 0.3) is 10.6 Å². The molecule has 0 radical (unpaired) electrons. The van der Waals surface area contributed by atoms with Crippen LogP contribution in [0.15, 0.2) is 41.8 Å². The molecule has 1 aromatic heterocycles. The van der Waals surface area contributed by atoms with Crippen LogP contribution in [0.2, 0.25) is 0 Å². The number of benzene rings is 1. The molecule has 0 spiro atoms. The zero-order valence-electron chi connectivity index (χ0n) is 11.0. The lowest BCUT2D eigenvalue weighted by Gasteiger charge is -2.07. The summed E-state index contributed by atoms with van der Waals surface area (Å²) in [5, 5.41) is 5.89. The molecule has 0 aliphatic carbocycles. The molecule has 0 saturated heterocycles. The predicted octanol–water partition coefficient (Wildman–Crippen LogP) is 3.31. The third kappa shape index (κ3) is 3.51. The fourth-order valence-corrected chi connectivity index (χ4v) is 2.61. The van der Waals surface area contributed by atoms with Crippen LogP contribution < -0.4 is 5.32 Å². The van der Waals surface area contributed by atoms with Gasteiger partial charge in [0.2, 0.25) is 5.91 Å². The number of aromatic nitrogens is 1. The zero-order chi connectivity index (χ0) is 13.7. The summed E-state index contributed by atoms with van der Waals surface area (Å²) in [4.78, 5) is 16.0. The quantitative estimate of drug-likeness (QED) is 0.868. The Balaban J connectivity index is 2.19. The lowest BCUT2D eigenvalue weighted by Crippen LogP contribution is -2.20. The predicted molar refractivity (Wildman–Crippen MR) is 78.9 cm³/mol. The highest BCUT2D eigenvalue weighted by atomic mass is 32.1. The van der Waals surface area contributed by atoms with E-state index >= 15 is 0 Å². The first-order valence-corrected chi connectivity index (χ1v) is 6.99. The summed E-state index contributed by atoms with van der Waals surface area (Å²) in [6.45, 7) is 4.32. The Morgan fingerprint density at radius 2 is 2.21 bits per heavy atom. The Hall–Kier alpha value is -1.94. The molecular formula is C15H16N2OS. The van der Waals surface area contributed by atoms with Crippen LogP contribution in [0.3, 0.4) is 0 Å². The van der Waals surface area contributed by atoms with Crippen LogP contribution in [-0.4, -0.2) is 10.9 Å². The first-order chi connectivity index (χ1) is 9.20. The van der Waals surface area contributed by atoms with E-state index in [2.05, 4.69) is 10.3 Å². The van der Waals surface area contributed by atoms with E-state index in [1.165, 1.54) is 6.08 Å². The Kier molecular flexibility index (Phi) is 4.47. The third-order valence-corrected chi connectivity index (χ3v) is 3.63. The van der Waals surface area contributed by atoms with Gasteiger partial charge in [-0.2, -0.15) is 0 Å². The molecule has 4 heteroatoms. The molecule has 2 rings (SSSR count). The van der Waals surface area contributed by atoms with E-state index in [1.807, 2.05) is 43.5 Å². The number of allylic oxidation sites excluding steroid dienone is 1. The van der Waals surface area contributed by atoms with Gasteiger partial charge in [0, 0.05) is 23.2 Å². The van der Waals surface area contributed by atoms with Crippen LogP contribution in [0.1, 0.15) is 18.2 Å². The van der Waals surface area contributed by atoms with Gasteiger partial charge >= 0.3 is 0 Å². The molecule has 0 aliphatic heterocycles. The SMILES string of the molecule is C/C=C/C(=O)NCc1ccccc1-c1nc(C)cs1. The van der Waals surface area contributed by atoms with Crippen LogP contribution in [-0.2, 0) is 11.3 Å². The first kappa shape index (κ1) is 13.5. The van der Waals surface area contributed by atoms with E-state index in [0.29, 0.717) is 6.54 Å². The van der Waals surface area contributed by atoms with E-state index < -0.39 is 0 Å². The largest absolute Gasteiger partial charge is 0.348 e. The Morgan fingerprint density at radius 3 is 2.89 bits per heavy atom. The monoisotopic (exact) mass is 272 g/mol. The summed E-state index contributed by atoms with van der Waals surface area (Å²) in [5.74, 6) is -0.0763. The fraction of sp³-hybridized carbons (Fsp3) is 0.200. The van der Waals surface area contributed by atoms with Gasteiger partial charge in [0.25, 0.3) is 0 Å². The second kappa shape index (κ2) is 6.29. The Bertz CT molecular complexity index is 602. The second-order valence-electron chi connectivity index (χ2n) is 4.17. The minimum Gasteiger partial charge on any atom is -0.348 e. The van der Waals surface area contributed by atoms with E-state index in [4.69, 9.17) is 0 Å². The van der Waals surface area contributed by atoms with E-state index in [-0.39, 0.29) is 5.91 Å². The van der Waals surface area contributed by atoms with Crippen LogP contribution in [0, 0.1) is 6.92 Å². The van der Waals surface area contributed by atoms with Crippen molar-refractivity contribution in [3.63, 3.8) is 0 Å². The maximum Gasteiger partial charge on any atom is 0.243 e. The van der Waals surface area contributed by atoms with Crippen LogP contribution in [0.4, 0.5) is 0 Å². The van der Waals surface area contributed by atoms with Gasteiger partial charge in [0.1, 0.15) is 5.01 Å². The van der Waals surface area contributed by atoms with Crippen molar-refractivity contribution in [1.82, 2.24) is 10.3 Å². The van der Waals surface area contributed by atoms with Gasteiger partial charge in [-0.3, -0.25) is 4.79 Å². The average molecular weight is 272 g/mol. The van der Waals surface area contributed by atoms with Gasteiger partial charge in [-0.15, -0.1) is 11.3 Å². The van der Waals surface area contributed by atoms with Crippen molar-refractivity contribution >= 4 is 17.2 Å². The molecule has 1 N–H and O–H groups in total. The summed E-state index contributed by atoms with van der Waals surface area (Å²) >= 11 is 1.62. The minimum atomic E-state index is -0.0763. The van der Waals surface area contributed by atoms with Gasteiger partial charge in [-0.1, -0.05) is 30.3 Å². The molecule has 0 atom stereocenters. The highest BCUT2D eigenvalue weighted by Gasteiger charge is 2.08. The van der Waals surface area contributed by atoms with Crippen molar-refractivity contribution in [3.05, 3.63) is 53.1 Å². The number of nitrogens with one attached hydrogen (secondary N) is 1. The number of aryl methyl sites for hydroxylation is 1. The number of thiazole rings is 1. The Morgan fingerprint density at radius 1 is 1.42 bits per heavy atom. The molecule has 3 nitrogen and oxygen atoms in total. The van der Waals surface area contributed by atoms with E-state index in [0.717, 1.165) is 21.8 Å². The highest BCUT2D eigenvalue weighted by molar-refractivity contribution is 7.13. The van der Waals surface area contributed by atoms with Crippen molar-refractivity contribution < 1.29 is 4.79 Å². The van der Waals surface area contributed by atoms with Crippen LogP contribution in [0.5, 0.6) is 0 Å². The number of nitrogens with zero attached hydrogens (tertiary/aromatic N) is 1. The Labute approximate surface area is 117 Å². The molecule has 1 amide bonds. The number of carbonyl (C=O) groups excluding carboxylic acids is 1.